The van der Waals surface area contributed by atoms with Crippen LogP contribution in [-0.2, 0) is 4.74 Å². The third-order valence-corrected chi connectivity index (χ3v) is 15.4. The SMILES string of the molecule is CC1(C)C2=CC(N(C3=CCCC4OC5C=CC=CC5C34)C3C=CC(C4=CC5C6=C(C=CCC6)N(C6=CC=C(F)CC6)C5CC4)CC3)CC=C2C2=C1C=CCC2. The highest BCUT2D eigenvalue weighted by Gasteiger charge is 2.50. The molecular formula is C51H57FN2O. The van der Waals surface area contributed by atoms with Gasteiger partial charge in [-0.15, -0.1) is 0 Å². The summed E-state index contributed by atoms with van der Waals surface area (Å²) in [6.07, 6.45) is 52.8. The van der Waals surface area contributed by atoms with Gasteiger partial charge in [0.2, 0.25) is 0 Å². The molecule has 4 heteroatoms. The number of allylic oxidation sites excluding steroid dienone is 17. The van der Waals surface area contributed by atoms with Gasteiger partial charge in [-0.2, -0.15) is 0 Å². The van der Waals surface area contributed by atoms with Crippen molar-refractivity contribution in [2.24, 2.45) is 29.1 Å². The van der Waals surface area contributed by atoms with Gasteiger partial charge >= 0.3 is 0 Å². The molecule has 0 bridgehead atoms. The molecule has 0 N–H and O–H groups in total. The first-order valence-corrected chi connectivity index (χ1v) is 21.9. The van der Waals surface area contributed by atoms with Crippen LogP contribution in [0.1, 0.15) is 97.3 Å². The molecule has 3 nitrogen and oxygen atoms in total. The van der Waals surface area contributed by atoms with Gasteiger partial charge in [-0.1, -0.05) is 98.4 Å². The second-order valence-electron chi connectivity index (χ2n) is 18.6. The molecule has 0 amide bonds. The quantitative estimate of drug-likeness (QED) is 0.262. The van der Waals surface area contributed by atoms with Crippen LogP contribution in [0.15, 0.2) is 154 Å². The summed E-state index contributed by atoms with van der Waals surface area (Å²) in [5.41, 5.74) is 13.8. The zero-order chi connectivity index (χ0) is 36.8. The minimum absolute atomic E-state index is 0.0138. The van der Waals surface area contributed by atoms with Gasteiger partial charge in [-0.3, -0.25) is 0 Å². The van der Waals surface area contributed by atoms with E-state index in [2.05, 4.69) is 115 Å². The van der Waals surface area contributed by atoms with Crippen LogP contribution >= 0.6 is 0 Å². The molecule has 9 unspecified atom stereocenters. The number of hydrogen-bond donors (Lipinski definition) is 0. The van der Waals surface area contributed by atoms with E-state index in [4.69, 9.17) is 4.74 Å². The average molecular weight is 733 g/mol. The molecule has 0 aromatic carbocycles. The Morgan fingerprint density at radius 3 is 2.58 bits per heavy atom. The lowest BCUT2D eigenvalue weighted by Crippen LogP contribution is -2.47. The summed E-state index contributed by atoms with van der Waals surface area (Å²) in [7, 11) is 0. The standard InChI is InChI=1S/C51H57FN2O/c1-51(2)43-13-6-3-10-38(43)39-28-27-37(31-44(39)51)53(47-15-9-17-49-50(47)41-12-5-8-16-48(41)55-49)35-23-18-32(19-24-35)33-20-29-46-42(30-33)40-11-4-7-14-45(40)54(46)36-25-21-34(52)22-26-36/h5-8,12-16,18,21,23,25,28,30-32,35,37,41-42,46,48-50H,3-4,9-11,17,19-20,22,24,26-27,29H2,1-2H3. The molecule has 1 saturated heterocycles. The molecule has 284 valence electrons. The molecule has 9 aliphatic carbocycles. The van der Waals surface area contributed by atoms with Crippen molar-refractivity contribution >= 4 is 0 Å². The molecule has 0 radical (unpaired) electrons. The number of fused-ring (bicyclic) bond motifs is 7. The molecule has 2 aliphatic heterocycles. The summed E-state index contributed by atoms with van der Waals surface area (Å²) in [6, 6.07) is 1.17. The van der Waals surface area contributed by atoms with E-state index in [0.29, 0.717) is 48.2 Å². The van der Waals surface area contributed by atoms with Crippen LogP contribution in [-0.4, -0.2) is 40.1 Å². The summed E-state index contributed by atoms with van der Waals surface area (Å²) in [5.74, 6) is 1.81. The predicted octanol–water partition coefficient (Wildman–Crippen LogP) is 11.9. The van der Waals surface area contributed by atoms with Crippen LogP contribution in [0.5, 0.6) is 0 Å². The van der Waals surface area contributed by atoms with Crippen molar-refractivity contribution in [3.8, 4) is 0 Å². The molecule has 0 spiro atoms. The smallest absolute Gasteiger partial charge is 0.100 e. The van der Waals surface area contributed by atoms with Crippen LogP contribution in [0.2, 0.25) is 0 Å². The maximum Gasteiger partial charge on any atom is 0.100 e. The number of hydrogen-bond acceptors (Lipinski definition) is 3. The lowest BCUT2D eigenvalue weighted by molar-refractivity contribution is 0.0443. The Labute approximate surface area is 328 Å². The van der Waals surface area contributed by atoms with Gasteiger partial charge in [0.05, 0.1) is 18.2 Å². The summed E-state index contributed by atoms with van der Waals surface area (Å²) in [4.78, 5) is 5.52. The lowest BCUT2D eigenvalue weighted by atomic mass is 9.74. The van der Waals surface area contributed by atoms with Crippen molar-refractivity contribution in [3.63, 3.8) is 0 Å². The minimum atomic E-state index is 0.0138. The van der Waals surface area contributed by atoms with Gasteiger partial charge in [0.25, 0.3) is 0 Å². The van der Waals surface area contributed by atoms with Gasteiger partial charge in [0, 0.05) is 58.8 Å². The number of rotatable bonds is 5. The lowest BCUT2D eigenvalue weighted by Gasteiger charge is -2.47. The highest BCUT2D eigenvalue weighted by molar-refractivity contribution is 5.66. The van der Waals surface area contributed by atoms with E-state index in [1.165, 1.54) is 37.1 Å². The molecule has 11 rings (SSSR count). The summed E-state index contributed by atoms with van der Waals surface area (Å²) >= 11 is 0. The van der Waals surface area contributed by atoms with E-state index in [-0.39, 0.29) is 23.4 Å². The molecule has 2 heterocycles. The van der Waals surface area contributed by atoms with Crippen molar-refractivity contribution < 1.29 is 9.13 Å². The predicted molar refractivity (Wildman–Crippen MR) is 221 cm³/mol. The number of halogens is 1. The monoisotopic (exact) mass is 732 g/mol. The Hall–Kier alpha value is -3.89. The van der Waals surface area contributed by atoms with Gasteiger partial charge in [-0.25, -0.2) is 4.39 Å². The zero-order valence-electron chi connectivity index (χ0n) is 32.8. The molecule has 55 heavy (non-hydrogen) atoms. The van der Waals surface area contributed by atoms with E-state index in [0.717, 1.165) is 51.4 Å². The van der Waals surface area contributed by atoms with Crippen LogP contribution in [0.4, 0.5) is 4.39 Å². The fourth-order valence-corrected chi connectivity index (χ4v) is 12.9. The van der Waals surface area contributed by atoms with Gasteiger partial charge in [0.1, 0.15) is 5.83 Å². The van der Waals surface area contributed by atoms with Gasteiger partial charge in [0.15, 0.2) is 0 Å². The van der Waals surface area contributed by atoms with Crippen molar-refractivity contribution in [2.75, 3.05) is 0 Å². The third-order valence-electron chi connectivity index (χ3n) is 15.4. The van der Waals surface area contributed by atoms with Crippen molar-refractivity contribution in [1.82, 2.24) is 9.80 Å². The molecule has 1 fully saturated rings. The molecule has 11 aliphatic rings. The fourth-order valence-electron chi connectivity index (χ4n) is 12.9. The first kappa shape index (κ1) is 34.4. The van der Waals surface area contributed by atoms with E-state index < -0.39 is 0 Å². The van der Waals surface area contributed by atoms with Crippen molar-refractivity contribution in [1.29, 1.82) is 0 Å². The molecule has 0 aromatic heterocycles. The maximum absolute atomic E-state index is 14.0. The minimum Gasteiger partial charge on any atom is -0.370 e. The van der Waals surface area contributed by atoms with Gasteiger partial charge in [-0.05, 0) is 129 Å². The number of ether oxygens (including phenoxy) is 1. The third kappa shape index (κ3) is 5.51. The molecule has 0 aromatic rings. The average Bonchev–Trinajstić information content (AvgIpc) is 3.84. The zero-order valence-corrected chi connectivity index (χ0v) is 32.8. The Morgan fingerprint density at radius 1 is 0.818 bits per heavy atom. The Bertz CT molecular complexity index is 2080. The highest BCUT2D eigenvalue weighted by Crippen LogP contribution is 2.56. The van der Waals surface area contributed by atoms with E-state index >= 15 is 0 Å². The van der Waals surface area contributed by atoms with Crippen LogP contribution in [0, 0.1) is 29.1 Å². The van der Waals surface area contributed by atoms with Crippen LogP contribution in [0.25, 0.3) is 0 Å². The second kappa shape index (κ2) is 13.4. The topological polar surface area (TPSA) is 15.7 Å². The summed E-state index contributed by atoms with van der Waals surface area (Å²) < 4.78 is 20.9. The molecular weight excluding hydrogens is 676 g/mol. The van der Waals surface area contributed by atoms with Crippen LogP contribution < -0.4 is 0 Å². The van der Waals surface area contributed by atoms with Gasteiger partial charge < -0.3 is 14.5 Å². The second-order valence-corrected chi connectivity index (χ2v) is 18.6. The fraction of sp³-hybridized carbons (Fsp3) is 0.490. The molecule has 0 saturated carbocycles. The Balaban J connectivity index is 0.909. The first-order chi connectivity index (χ1) is 26.9. The summed E-state index contributed by atoms with van der Waals surface area (Å²) in [6.45, 7) is 4.93. The Morgan fingerprint density at radius 2 is 1.71 bits per heavy atom. The van der Waals surface area contributed by atoms with E-state index in [1.807, 2.05) is 0 Å². The Kier molecular flexibility index (Phi) is 8.35. The maximum atomic E-state index is 14.0. The molecule has 9 atom stereocenters. The first-order valence-electron chi connectivity index (χ1n) is 21.9. The van der Waals surface area contributed by atoms with Crippen molar-refractivity contribution in [3.05, 3.63) is 154 Å². The van der Waals surface area contributed by atoms with Crippen molar-refractivity contribution in [2.45, 2.75) is 128 Å². The van der Waals surface area contributed by atoms with E-state index in [1.54, 1.807) is 45.2 Å². The van der Waals surface area contributed by atoms with Crippen LogP contribution in [0.3, 0.4) is 0 Å². The van der Waals surface area contributed by atoms with E-state index in [9.17, 15) is 4.39 Å². The normalized spacial score (nSPS) is 37.9. The number of nitrogens with zero attached hydrogens (tertiary/aromatic N) is 2. The highest BCUT2D eigenvalue weighted by atomic mass is 19.1. The largest absolute Gasteiger partial charge is 0.370 e. The summed E-state index contributed by atoms with van der Waals surface area (Å²) in [5, 5.41) is 0.